The van der Waals surface area contributed by atoms with Gasteiger partial charge in [0.05, 0.1) is 13.2 Å². The van der Waals surface area contributed by atoms with Crippen LogP contribution in [0.25, 0.3) is 0 Å². The monoisotopic (exact) mass is 439 g/mol. The summed E-state index contributed by atoms with van der Waals surface area (Å²) >= 11 is 0. The minimum Gasteiger partial charge on any atom is -0.323 e. The third kappa shape index (κ3) is 13.9. The molecule has 0 amide bonds. The fourth-order valence-corrected chi connectivity index (χ4v) is 5.24. The Bertz CT molecular complexity index is 437. The summed E-state index contributed by atoms with van der Waals surface area (Å²) < 4.78 is 33.8. The first-order chi connectivity index (χ1) is 12.3. The average molecular weight is 439 g/mol. The van der Waals surface area contributed by atoms with Gasteiger partial charge < -0.3 is 29.5 Å². The number of nitrogens with one attached hydrogen (secondary N) is 2. The molecule has 1 saturated heterocycles. The van der Waals surface area contributed by atoms with Crippen LogP contribution in [0.15, 0.2) is 0 Å². The molecule has 2 unspecified atom stereocenters. The zero-order chi connectivity index (χ0) is 19.5. The zero-order valence-corrected chi connectivity index (χ0v) is 20.6. The molecule has 1 heterocycles. The summed E-state index contributed by atoms with van der Waals surface area (Å²) in [6.07, 6.45) is 0.0246. The molecule has 157 valence electrons. The number of hydrogen-bond donors (Lipinski definition) is 4. The maximum Gasteiger partial charge on any atom is 0.341 e. The Morgan fingerprint density at radius 1 is 0.778 bits per heavy atom. The van der Waals surface area contributed by atoms with Crippen molar-refractivity contribution in [3.63, 3.8) is 0 Å². The van der Waals surface area contributed by atoms with E-state index in [1.54, 1.807) is 13.8 Å². The van der Waals surface area contributed by atoms with Crippen molar-refractivity contribution in [1.82, 2.24) is 20.4 Å². The molecule has 0 spiro atoms. The fourth-order valence-electron chi connectivity index (χ4n) is 2.70. The second kappa shape index (κ2) is 15.0. The van der Waals surface area contributed by atoms with E-state index in [-0.39, 0.29) is 55.3 Å². The third-order valence-electron chi connectivity index (χ3n) is 3.84. The summed E-state index contributed by atoms with van der Waals surface area (Å²) in [6, 6.07) is 0. The van der Waals surface area contributed by atoms with Gasteiger partial charge in [-0.2, -0.15) is 0 Å². The smallest absolute Gasteiger partial charge is 0.323 e. The Morgan fingerprint density at radius 3 is 1.33 bits per heavy atom. The van der Waals surface area contributed by atoms with Gasteiger partial charge in [-0.15, -0.1) is 0 Å². The molecule has 1 rings (SSSR count). The maximum atomic E-state index is 12.0. The summed E-state index contributed by atoms with van der Waals surface area (Å²) in [7, 11) is -7.18. The Hall–Kier alpha value is 1.14. The van der Waals surface area contributed by atoms with E-state index in [0.29, 0.717) is 52.4 Å². The molecule has 1 radical (unpaired) electrons. The number of hydrogen-bond acceptors (Lipinski definition) is 8. The molecular weight excluding hydrogens is 405 g/mol. The van der Waals surface area contributed by atoms with Gasteiger partial charge in [0.1, 0.15) is 12.6 Å². The van der Waals surface area contributed by atoms with Crippen molar-refractivity contribution in [2.75, 3.05) is 78.1 Å². The van der Waals surface area contributed by atoms with Crippen LogP contribution < -0.4 is 10.6 Å². The Kier molecular flexibility index (Phi) is 15.7. The van der Waals surface area contributed by atoms with Crippen molar-refractivity contribution in [3.05, 3.63) is 0 Å². The molecule has 0 aromatic heterocycles. The summed E-state index contributed by atoms with van der Waals surface area (Å²) in [6.45, 7) is 8.93. The SMILES string of the molecule is CCOP(=O)(O)CN1CCNCCN(CP(=O)(O)OCC)CCNCC1.[Na]. The van der Waals surface area contributed by atoms with Gasteiger partial charge in [-0.05, 0) is 13.8 Å². The molecule has 0 aromatic carbocycles. The molecule has 1 fully saturated rings. The van der Waals surface area contributed by atoms with Crippen molar-refractivity contribution in [2.45, 2.75) is 13.8 Å². The minimum atomic E-state index is -3.59. The maximum absolute atomic E-state index is 12.0. The minimum absolute atomic E-state index is 0. The molecule has 0 aromatic rings. The van der Waals surface area contributed by atoms with E-state index >= 15 is 0 Å². The summed E-state index contributed by atoms with van der Waals surface area (Å²) in [4.78, 5) is 23.5. The van der Waals surface area contributed by atoms with Crippen molar-refractivity contribution < 1.29 is 28.0 Å². The quantitative estimate of drug-likeness (QED) is 0.298. The molecule has 27 heavy (non-hydrogen) atoms. The molecule has 4 N–H and O–H groups in total. The van der Waals surface area contributed by atoms with Gasteiger partial charge in [0.2, 0.25) is 0 Å². The van der Waals surface area contributed by atoms with Crippen LogP contribution in [-0.4, -0.2) is 127 Å². The van der Waals surface area contributed by atoms with Crippen LogP contribution in [0.1, 0.15) is 13.8 Å². The molecule has 1 aliphatic rings. The second-order valence-corrected chi connectivity index (χ2v) is 9.76. The molecule has 0 bridgehead atoms. The number of nitrogens with zero attached hydrogens (tertiary/aromatic N) is 2. The van der Waals surface area contributed by atoms with E-state index in [4.69, 9.17) is 9.05 Å². The van der Waals surface area contributed by atoms with Crippen LogP contribution in [0.2, 0.25) is 0 Å². The van der Waals surface area contributed by atoms with Crippen LogP contribution in [0.3, 0.4) is 0 Å². The van der Waals surface area contributed by atoms with E-state index in [2.05, 4.69) is 10.6 Å². The normalized spacial score (nSPS) is 23.3. The first kappa shape index (κ1) is 28.1. The van der Waals surface area contributed by atoms with E-state index < -0.39 is 15.2 Å². The fraction of sp³-hybridized carbons (Fsp3) is 1.00. The Balaban J connectivity index is 0.00000676. The number of rotatable bonds is 8. The molecule has 2 atom stereocenters. The zero-order valence-electron chi connectivity index (χ0n) is 16.8. The van der Waals surface area contributed by atoms with Crippen LogP contribution in [0.4, 0.5) is 0 Å². The standard InChI is InChI=1S/C14H34N4O6P2.Na/c1-3-23-25(19,20)13-17-9-5-15-7-11-18(12-8-16-6-10-17)14-26(21,22)24-4-2;/h15-16H,3-14H2,1-2H3,(H,19,20)(H,21,22);. The van der Waals surface area contributed by atoms with Crippen LogP contribution >= 0.6 is 15.2 Å². The third-order valence-corrected chi connectivity index (χ3v) is 6.68. The Morgan fingerprint density at radius 2 is 1.07 bits per heavy atom. The largest absolute Gasteiger partial charge is 0.341 e. The molecule has 0 aliphatic carbocycles. The van der Waals surface area contributed by atoms with Crippen molar-refractivity contribution in [1.29, 1.82) is 0 Å². The van der Waals surface area contributed by atoms with E-state index in [1.165, 1.54) is 0 Å². The second-order valence-electron chi connectivity index (χ2n) is 6.13. The average Bonchev–Trinajstić information content (AvgIpc) is 2.51. The van der Waals surface area contributed by atoms with Crippen molar-refractivity contribution in [2.24, 2.45) is 0 Å². The van der Waals surface area contributed by atoms with Crippen molar-refractivity contribution >= 4 is 44.7 Å². The van der Waals surface area contributed by atoms with Gasteiger partial charge in [0.15, 0.2) is 0 Å². The van der Waals surface area contributed by atoms with Gasteiger partial charge in [0, 0.05) is 81.9 Å². The summed E-state index contributed by atoms with van der Waals surface area (Å²) in [5.41, 5.74) is 0. The predicted molar refractivity (Wildman–Crippen MR) is 107 cm³/mol. The van der Waals surface area contributed by atoms with E-state index in [9.17, 15) is 18.9 Å². The molecule has 10 nitrogen and oxygen atoms in total. The van der Waals surface area contributed by atoms with Crippen LogP contribution in [-0.2, 0) is 18.2 Å². The van der Waals surface area contributed by atoms with Crippen LogP contribution in [0.5, 0.6) is 0 Å². The van der Waals surface area contributed by atoms with E-state index in [0.717, 1.165) is 0 Å². The summed E-state index contributed by atoms with van der Waals surface area (Å²) in [5, 5.41) is 6.54. The van der Waals surface area contributed by atoms with Crippen LogP contribution in [0, 0.1) is 0 Å². The molecular formula is C14H34N4NaO6P2. The van der Waals surface area contributed by atoms with Gasteiger partial charge in [-0.1, -0.05) is 0 Å². The first-order valence-corrected chi connectivity index (χ1v) is 12.6. The molecule has 1 aliphatic heterocycles. The molecule has 13 heteroatoms. The van der Waals surface area contributed by atoms with E-state index in [1.807, 2.05) is 9.80 Å². The summed E-state index contributed by atoms with van der Waals surface area (Å²) in [5.74, 6) is 0. The topological polar surface area (TPSA) is 124 Å². The van der Waals surface area contributed by atoms with Gasteiger partial charge in [0.25, 0.3) is 0 Å². The Labute approximate surface area is 184 Å². The molecule has 0 saturated carbocycles. The van der Waals surface area contributed by atoms with Crippen molar-refractivity contribution in [3.8, 4) is 0 Å². The first-order valence-electron chi connectivity index (χ1n) is 9.07. The van der Waals surface area contributed by atoms with Gasteiger partial charge in [-0.3, -0.25) is 18.9 Å². The predicted octanol–water partition coefficient (Wildman–Crippen LogP) is -0.239. The van der Waals surface area contributed by atoms with Gasteiger partial charge >= 0.3 is 15.2 Å². The van der Waals surface area contributed by atoms with Gasteiger partial charge in [-0.25, -0.2) is 0 Å².